The van der Waals surface area contributed by atoms with Crippen LogP contribution in [0.3, 0.4) is 0 Å². The van der Waals surface area contributed by atoms with E-state index < -0.39 is 5.92 Å². The van der Waals surface area contributed by atoms with Crippen molar-refractivity contribution in [2.24, 2.45) is 0 Å². The molecule has 3 aromatic rings. The Balaban J connectivity index is 1.70. The van der Waals surface area contributed by atoms with Crippen LogP contribution in [0.1, 0.15) is 24.1 Å². The lowest BCUT2D eigenvalue weighted by Crippen LogP contribution is -2.07. The number of hydrogen-bond acceptors (Lipinski definition) is 5. The molecule has 23 heavy (non-hydrogen) atoms. The summed E-state index contributed by atoms with van der Waals surface area (Å²) in [5.74, 6) is -1.27. The summed E-state index contributed by atoms with van der Waals surface area (Å²) in [6, 6.07) is 2.76. The molecule has 0 radical (unpaired) electrons. The van der Waals surface area contributed by atoms with Crippen LogP contribution in [0, 0.1) is 6.92 Å². The highest BCUT2D eigenvalue weighted by Gasteiger charge is 2.24. The number of aromatic nitrogens is 5. The first-order valence-corrected chi connectivity index (χ1v) is 7.08. The van der Waals surface area contributed by atoms with Gasteiger partial charge in [-0.1, -0.05) is 5.16 Å². The van der Waals surface area contributed by atoms with Gasteiger partial charge in [0.05, 0.1) is 0 Å². The highest BCUT2D eigenvalue weighted by atomic mass is 19.3. The Morgan fingerprint density at radius 1 is 1.26 bits per heavy atom. The topological polar surface area (TPSA) is 69.6 Å². The number of alkyl halides is 2. The normalized spacial score (nSPS) is 11.8. The van der Waals surface area contributed by atoms with Crippen molar-refractivity contribution < 1.29 is 13.3 Å². The Labute approximate surface area is 131 Å². The van der Waals surface area contributed by atoms with Crippen molar-refractivity contribution in [1.82, 2.24) is 24.7 Å². The summed E-state index contributed by atoms with van der Waals surface area (Å²) in [7, 11) is 0. The van der Waals surface area contributed by atoms with E-state index in [0.29, 0.717) is 24.5 Å². The maximum absolute atomic E-state index is 13.2. The SMILES string of the molecule is Cc1nccn1CCc1noc(-c2ccc(C(C)(F)F)cn2)n1. The largest absolute Gasteiger partial charge is 0.335 e. The van der Waals surface area contributed by atoms with Gasteiger partial charge in [0.1, 0.15) is 11.5 Å². The van der Waals surface area contributed by atoms with Gasteiger partial charge in [-0.25, -0.2) is 13.8 Å². The number of nitrogens with zero attached hydrogens (tertiary/aromatic N) is 5. The number of halogens is 2. The third-order valence-corrected chi connectivity index (χ3v) is 3.46. The molecule has 0 spiro atoms. The molecule has 6 nitrogen and oxygen atoms in total. The minimum absolute atomic E-state index is 0.156. The molecule has 120 valence electrons. The van der Waals surface area contributed by atoms with Crippen LogP contribution in [-0.4, -0.2) is 24.7 Å². The van der Waals surface area contributed by atoms with Crippen molar-refractivity contribution in [3.8, 4) is 11.6 Å². The zero-order chi connectivity index (χ0) is 16.4. The summed E-state index contributed by atoms with van der Waals surface area (Å²) in [4.78, 5) is 12.3. The number of aryl methyl sites for hydroxylation is 3. The van der Waals surface area contributed by atoms with Gasteiger partial charge in [-0.3, -0.25) is 4.98 Å². The first-order chi connectivity index (χ1) is 10.9. The van der Waals surface area contributed by atoms with Crippen molar-refractivity contribution in [2.45, 2.75) is 32.7 Å². The van der Waals surface area contributed by atoms with Gasteiger partial charge in [-0.05, 0) is 19.1 Å². The Hall–Kier alpha value is -2.64. The van der Waals surface area contributed by atoms with Crippen LogP contribution >= 0.6 is 0 Å². The second-order valence-electron chi connectivity index (χ2n) is 5.25. The molecule has 3 rings (SSSR count). The molecule has 3 aromatic heterocycles. The zero-order valence-corrected chi connectivity index (χ0v) is 12.7. The number of pyridine rings is 1. The first kappa shape index (κ1) is 15.3. The third kappa shape index (κ3) is 3.41. The van der Waals surface area contributed by atoms with Crippen LogP contribution in [-0.2, 0) is 18.9 Å². The van der Waals surface area contributed by atoms with Crippen LogP contribution in [0.5, 0.6) is 0 Å². The predicted molar refractivity (Wildman–Crippen MR) is 77.8 cm³/mol. The van der Waals surface area contributed by atoms with E-state index in [0.717, 1.165) is 18.9 Å². The molecule has 8 heteroatoms. The summed E-state index contributed by atoms with van der Waals surface area (Å²) in [6.07, 6.45) is 5.30. The van der Waals surface area contributed by atoms with E-state index in [1.165, 1.54) is 12.1 Å². The second kappa shape index (κ2) is 5.86. The third-order valence-electron chi connectivity index (χ3n) is 3.46. The lowest BCUT2D eigenvalue weighted by molar-refractivity contribution is 0.0171. The number of imidazole rings is 1. The molecule has 0 amide bonds. The lowest BCUT2D eigenvalue weighted by atomic mass is 10.1. The number of hydrogen-bond donors (Lipinski definition) is 0. The molecule has 0 unspecified atom stereocenters. The van der Waals surface area contributed by atoms with E-state index in [4.69, 9.17) is 4.52 Å². The highest BCUT2D eigenvalue weighted by Crippen LogP contribution is 2.27. The van der Waals surface area contributed by atoms with E-state index in [1.54, 1.807) is 6.20 Å². The minimum Gasteiger partial charge on any atom is -0.335 e. The summed E-state index contributed by atoms with van der Waals surface area (Å²) < 4.78 is 33.4. The Morgan fingerprint density at radius 2 is 2.09 bits per heavy atom. The van der Waals surface area contributed by atoms with Crippen molar-refractivity contribution in [2.75, 3.05) is 0 Å². The molecule has 0 N–H and O–H groups in total. The summed E-state index contributed by atoms with van der Waals surface area (Å²) >= 11 is 0. The fraction of sp³-hybridized carbons (Fsp3) is 0.333. The molecule has 3 heterocycles. The minimum atomic E-state index is -2.92. The Bertz CT molecular complexity index is 789. The molecular weight excluding hydrogens is 304 g/mol. The quantitative estimate of drug-likeness (QED) is 0.723. The van der Waals surface area contributed by atoms with Crippen LogP contribution in [0.4, 0.5) is 8.78 Å². The van der Waals surface area contributed by atoms with E-state index in [2.05, 4.69) is 20.1 Å². The predicted octanol–water partition coefficient (Wildman–Crippen LogP) is 2.99. The Kier molecular flexibility index (Phi) is 3.89. The van der Waals surface area contributed by atoms with E-state index in [1.807, 2.05) is 17.7 Å². The molecule has 0 atom stereocenters. The summed E-state index contributed by atoms with van der Waals surface area (Å²) in [6.45, 7) is 3.42. The molecule has 0 bridgehead atoms. The molecule has 0 aliphatic rings. The van der Waals surface area contributed by atoms with Gasteiger partial charge in [0.15, 0.2) is 5.82 Å². The summed E-state index contributed by atoms with van der Waals surface area (Å²) in [5.41, 5.74) is 0.215. The highest BCUT2D eigenvalue weighted by molar-refractivity contribution is 5.46. The van der Waals surface area contributed by atoms with Crippen molar-refractivity contribution in [1.29, 1.82) is 0 Å². The molecule has 0 saturated heterocycles. The average molecular weight is 319 g/mol. The van der Waals surface area contributed by atoms with Crippen molar-refractivity contribution in [3.05, 3.63) is 47.9 Å². The van der Waals surface area contributed by atoms with Gasteiger partial charge >= 0.3 is 0 Å². The monoisotopic (exact) mass is 319 g/mol. The lowest BCUT2D eigenvalue weighted by Gasteiger charge is -2.09. The van der Waals surface area contributed by atoms with Crippen LogP contribution in [0.25, 0.3) is 11.6 Å². The summed E-state index contributed by atoms with van der Waals surface area (Å²) in [5, 5.41) is 3.88. The standard InChI is InChI=1S/C15H15F2N5O/c1-10-18-6-8-22(10)7-5-13-20-14(23-21-13)12-4-3-11(9-19-12)15(2,16)17/h3-4,6,8-9H,5,7H2,1-2H3. The fourth-order valence-corrected chi connectivity index (χ4v) is 2.10. The molecule has 0 saturated carbocycles. The molecule has 0 aliphatic carbocycles. The van der Waals surface area contributed by atoms with Crippen LogP contribution in [0.15, 0.2) is 35.2 Å². The first-order valence-electron chi connectivity index (χ1n) is 7.08. The van der Waals surface area contributed by atoms with Crippen molar-refractivity contribution >= 4 is 0 Å². The maximum Gasteiger partial charge on any atom is 0.276 e. The average Bonchev–Trinajstić information content (AvgIpc) is 3.13. The van der Waals surface area contributed by atoms with E-state index in [-0.39, 0.29) is 11.5 Å². The van der Waals surface area contributed by atoms with Gasteiger partial charge in [0, 0.05) is 44.0 Å². The number of rotatable bonds is 5. The molecular formula is C15H15F2N5O. The van der Waals surface area contributed by atoms with E-state index in [9.17, 15) is 8.78 Å². The van der Waals surface area contributed by atoms with Gasteiger partial charge in [-0.2, -0.15) is 4.98 Å². The fourth-order valence-electron chi connectivity index (χ4n) is 2.10. The van der Waals surface area contributed by atoms with Crippen molar-refractivity contribution in [3.63, 3.8) is 0 Å². The molecule has 0 aromatic carbocycles. The van der Waals surface area contributed by atoms with Gasteiger partial charge in [0.2, 0.25) is 0 Å². The van der Waals surface area contributed by atoms with Crippen LogP contribution < -0.4 is 0 Å². The van der Waals surface area contributed by atoms with E-state index >= 15 is 0 Å². The van der Waals surface area contributed by atoms with Gasteiger partial charge in [-0.15, -0.1) is 0 Å². The van der Waals surface area contributed by atoms with Gasteiger partial charge in [0.25, 0.3) is 11.8 Å². The molecule has 0 fully saturated rings. The maximum atomic E-state index is 13.2. The smallest absolute Gasteiger partial charge is 0.276 e. The van der Waals surface area contributed by atoms with Gasteiger partial charge < -0.3 is 9.09 Å². The molecule has 0 aliphatic heterocycles. The zero-order valence-electron chi connectivity index (χ0n) is 12.7. The second-order valence-corrected chi connectivity index (χ2v) is 5.25. The Morgan fingerprint density at radius 3 is 2.70 bits per heavy atom. The van der Waals surface area contributed by atoms with Crippen LogP contribution in [0.2, 0.25) is 0 Å².